The molecule has 1 aromatic rings. The number of Topliss-reactive ketones (excluding diaryl/α,β-unsaturated/α-hetero) is 1. The molecule has 112 valence electrons. The summed E-state index contributed by atoms with van der Waals surface area (Å²) in [6, 6.07) is 6.04. The van der Waals surface area contributed by atoms with Crippen LogP contribution in [0.2, 0.25) is 0 Å². The van der Waals surface area contributed by atoms with Gasteiger partial charge < -0.3 is 5.32 Å². The molecule has 1 N–H and O–H groups in total. The Bertz CT molecular complexity index is 750. The van der Waals surface area contributed by atoms with Crippen LogP contribution in [0, 0.1) is 0 Å². The van der Waals surface area contributed by atoms with E-state index in [1.165, 1.54) is 26.1 Å². The van der Waals surface area contributed by atoms with Gasteiger partial charge in [-0.1, -0.05) is 19.1 Å². The first-order valence-electron chi connectivity index (χ1n) is 6.44. The van der Waals surface area contributed by atoms with E-state index >= 15 is 0 Å². The van der Waals surface area contributed by atoms with Crippen molar-refractivity contribution in [3.8, 4) is 0 Å². The lowest BCUT2D eigenvalue weighted by Gasteiger charge is -2.29. The molecule has 0 atom stereocenters. The molecule has 1 aromatic carbocycles. The smallest absolute Gasteiger partial charge is 0.264 e. The van der Waals surface area contributed by atoms with Crippen molar-refractivity contribution in [1.82, 2.24) is 9.62 Å². The molecular weight excluding hydrogens is 292 g/mol. The van der Waals surface area contributed by atoms with E-state index in [1.807, 2.05) is 0 Å². The second-order valence-corrected chi connectivity index (χ2v) is 6.61. The van der Waals surface area contributed by atoms with Gasteiger partial charge in [0.1, 0.15) is 5.70 Å². The monoisotopic (exact) mass is 308 g/mol. The van der Waals surface area contributed by atoms with Crippen LogP contribution in [0.15, 0.2) is 40.6 Å². The van der Waals surface area contributed by atoms with Gasteiger partial charge in [-0.15, -0.1) is 0 Å². The van der Waals surface area contributed by atoms with E-state index in [2.05, 4.69) is 5.32 Å². The van der Waals surface area contributed by atoms with Gasteiger partial charge in [0.2, 0.25) is 11.7 Å². The van der Waals surface area contributed by atoms with Crippen molar-refractivity contribution < 1.29 is 18.0 Å². The van der Waals surface area contributed by atoms with E-state index in [0.717, 1.165) is 4.31 Å². The average Bonchev–Trinajstić information content (AvgIpc) is 2.45. The van der Waals surface area contributed by atoms with E-state index in [0.29, 0.717) is 0 Å². The van der Waals surface area contributed by atoms with Gasteiger partial charge in [0, 0.05) is 24.7 Å². The summed E-state index contributed by atoms with van der Waals surface area (Å²) >= 11 is 0. The SMILES string of the molecule is CCC(=O)N/C(C)=C1/C(=O)c2ccccc2S(=O)(=O)N1C. The third-order valence-corrected chi connectivity index (χ3v) is 5.12. The topological polar surface area (TPSA) is 83.5 Å². The Hall–Kier alpha value is -2.15. The van der Waals surface area contributed by atoms with Gasteiger partial charge in [0.25, 0.3) is 10.0 Å². The maximum atomic E-state index is 12.5. The van der Waals surface area contributed by atoms with Gasteiger partial charge in [0.15, 0.2) is 0 Å². The molecule has 21 heavy (non-hydrogen) atoms. The number of benzene rings is 1. The minimum absolute atomic E-state index is 0.0177. The number of hydrogen-bond acceptors (Lipinski definition) is 4. The normalized spacial score (nSPS) is 19.0. The van der Waals surface area contributed by atoms with Gasteiger partial charge in [0.05, 0.1) is 4.90 Å². The summed E-state index contributed by atoms with van der Waals surface area (Å²) in [5.74, 6) is -0.700. The summed E-state index contributed by atoms with van der Waals surface area (Å²) in [5, 5.41) is 2.54. The molecule has 6 nitrogen and oxygen atoms in total. The van der Waals surface area contributed by atoms with Gasteiger partial charge in [-0.05, 0) is 19.1 Å². The Kier molecular flexibility index (Phi) is 3.87. The number of rotatable bonds is 2. The van der Waals surface area contributed by atoms with Crippen molar-refractivity contribution in [3.05, 3.63) is 41.2 Å². The molecule has 0 aromatic heterocycles. The molecular formula is C14H16N2O4S. The van der Waals surface area contributed by atoms with E-state index in [-0.39, 0.29) is 34.2 Å². The van der Waals surface area contributed by atoms with E-state index < -0.39 is 15.8 Å². The number of likely N-dealkylation sites (N-methyl/N-ethyl adjacent to an activating group) is 1. The lowest BCUT2D eigenvalue weighted by molar-refractivity contribution is -0.120. The Labute approximate surface area is 123 Å². The number of hydrogen-bond donors (Lipinski definition) is 1. The molecule has 1 amide bonds. The molecule has 0 bridgehead atoms. The molecule has 0 unspecified atom stereocenters. The minimum atomic E-state index is -3.79. The number of nitrogens with one attached hydrogen (secondary N) is 1. The zero-order valence-electron chi connectivity index (χ0n) is 12.0. The summed E-state index contributed by atoms with van der Waals surface area (Å²) in [6.07, 6.45) is 0.242. The van der Waals surface area contributed by atoms with E-state index in [1.54, 1.807) is 19.1 Å². The Balaban J connectivity index is 2.64. The maximum absolute atomic E-state index is 12.5. The summed E-state index contributed by atoms with van der Waals surface area (Å²) in [4.78, 5) is 24.0. The number of ketones is 1. The van der Waals surface area contributed by atoms with Crippen LogP contribution in [-0.4, -0.2) is 31.5 Å². The third-order valence-electron chi connectivity index (χ3n) is 3.30. The van der Waals surface area contributed by atoms with Crippen molar-refractivity contribution in [1.29, 1.82) is 0 Å². The molecule has 0 saturated carbocycles. The third kappa shape index (κ3) is 2.44. The number of sulfonamides is 1. The highest BCUT2D eigenvalue weighted by Gasteiger charge is 2.38. The fourth-order valence-corrected chi connectivity index (χ4v) is 3.63. The zero-order chi connectivity index (χ0) is 15.8. The Morgan fingerprint density at radius 3 is 2.52 bits per heavy atom. The molecule has 1 heterocycles. The standard InChI is InChI=1S/C14H16N2O4S/c1-4-12(17)15-9(2)13-14(18)10-7-5-6-8-11(10)21(19,20)16(13)3/h5-8H,4H2,1-3H3,(H,15,17)/b13-9-. The second-order valence-electron chi connectivity index (χ2n) is 4.67. The lowest BCUT2D eigenvalue weighted by atomic mass is 10.1. The van der Waals surface area contributed by atoms with Crippen molar-refractivity contribution in [2.24, 2.45) is 0 Å². The van der Waals surface area contributed by atoms with Gasteiger partial charge >= 0.3 is 0 Å². The van der Waals surface area contributed by atoms with Crippen molar-refractivity contribution in [2.45, 2.75) is 25.2 Å². The molecule has 0 fully saturated rings. The van der Waals surface area contributed by atoms with Crippen molar-refractivity contribution >= 4 is 21.7 Å². The summed E-state index contributed by atoms with van der Waals surface area (Å²) in [6.45, 7) is 3.19. The van der Waals surface area contributed by atoms with Crippen LogP contribution in [-0.2, 0) is 14.8 Å². The maximum Gasteiger partial charge on any atom is 0.264 e. The Morgan fingerprint density at radius 1 is 1.29 bits per heavy atom. The van der Waals surface area contributed by atoms with Crippen LogP contribution < -0.4 is 5.32 Å². The summed E-state index contributed by atoms with van der Waals surface area (Å²) < 4.78 is 25.8. The molecule has 1 aliphatic heterocycles. The van der Waals surface area contributed by atoms with Gasteiger partial charge in [-0.25, -0.2) is 8.42 Å². The molecule has 0 radical (unpaired) electrons. The fourth-order valence-electron chi connectivity index (χ4n) is 2.18. The highest BCUT2D eigenvalue weighted by atomic mass is 32.2. The first-order chi connectivity index (χ1) is 9.80. The summed E-state index contributed by atoms with van der Waals surface area (Å²) in [5.41, 5.74) is 0.318. The van der Waals surface area contributed by atoms with Crippen molar-refractivity contribution in [2.75, 3.05) is 7.05 Å². The van der Waals surface area contributed by atoms with Gasteiger partial charge in [-0.3, -0.25) is 13.9 Å². The molecule has 2 rings (SSSR count). The van der Waals surface area contributed by atoms with Gasteiger partial charge in [-0.2, -0.15) is 0 Å². The molecule has 7 heteroatoms. The van der Waals surface area contributed by atoms with Crippen LogP contribution in [0.1, 0.15) is 30.6 Å². The van der Waals surface area contributed by atoms with Crippen LogP contribution in [0.5, 0.6) is 0 Å². The number of fused-ring (bicyclic) bond motifs is 1. The predicted octanol–water partition coefficient (Wildman–Crippen LogP) is 1.26. The molecule has 0 spiro atoms. The first-order valence-corrected chi connectivity index (χ1v) is 7.88. The predicted molar refractivity (Wildman–Crippen MR) is 76.9 cm³/mol. The lowest BCUT2D eigenvalue weighted by Crippen LogP contribution is -2.39. The molecule has 0 saturated heterocycles. The number of amides is 1. The number of allylic oxidation sites excluding steroid dienone is 2. The van der Waals surface area contributed by atoms with Crippen LogP contribution in [0.4, 0.5) is 0 Å². The van der Waals surface area contributed by atoms with Crippen molar-refractivity contribution in [3.63, 3.8) is 0 Å². The van der Waals surface area contributed by atoms with Crippen LogP contribution in [0.3, 0.4) is 0 Å². The highest BCUT2D eigenvalue weighted by Crippen LogP contribution is 2.31. The first kappa shape index (κ1) is 15.2. The molecule has 0 aliphatic carbocycles. The second kappa shape index (κ2) is 5.33. The quantitative estimate of drug-likeness (QED) is 0.834. The zero-order valence-corrected chi connectivity index (χ0v) is 12.8. The fraction of sp³-hybridized carbons (Fsp3) is 0.286. The largest absolute Gasteiger partial charge is 0.328 e. The number of carbonyl (C=O) groups excluding carboxylic acids is 2. The minimum Gasteiger partial charge on any atom is -0.328 e. The molecule has 1 aliphatic rings. The summed E-state index contributed by atoms with van der Waals surface area (Å²) in [7, 11) is -2.48. The van der Waals surface area contributed by atoms with Crippen LogP contribution >= 0.6 is 0 Å². The van der Waals surface area contributed by atoms with Crippen LogP contribution in [0.25, 0.3) is 0 Å². The number of nitrogens with zero attached hydrogens (tertiary/aromatic N) is 1. The number of carbonyl (C=O) groups is 2. The van der Waals surface area contributed by atoms with E-state index in [4.69, 9.17) is 0 Å². The average molecular weight is 308 g/mol. The highest BCUT2D eigenvalue weighted by molar-refractivity contribution is 7.89. The Morgan fingerprint density at radius 2 is 1.90 bits per heavy atom. The van der Waals surface area contributed by atoms with E-state index in [9.17, 15) is 18.0 Å².